The van der Waals surface area contributed by atoms with E-state index < -0.39 is 59.3 Å². The molecule has 1 amide bonds. The van der Waals surface area contributed by atoms with E-state index in [9.17, 15) is 39.6 Å². The monoisotopic (exact) mass is 764 g/mol. The van der Waals surface area contributed by atoms with E-state index >= 15 is 0 Å². The summed E-state index contributed by atoms with van der Waals surface area (Å²) in [6, 6.07) is 31.6. The molecule has 0 aromatic heterocycles. The van der Waals surface area contributed by atoms with Crippen molar-refractivity contribution >= 4 is 31.7 Å². The fourth-order valence-corrected chi connectivity index (χ4v) is 8.40. The van der Waals surface area contributed by atoms with Gasteiger partial charge in [0, 0.05) is 24.9 Å². The molecule has 5 rings (SSSR count). The molecule has 0 aliphatic carbocycles. The minimum absolute atomic E-state index is 0.154. The maximum atomic E-state index is 14.3. The summed E-state index contributed by atoms with van der Waals surface area (Å²) in [6.45, 7) is -0.628. The topological polar surface area (TPSA) is 127 Å². The van der Waals surface area contributed by atoms with Gasteiger partial charge in [-0.05, 0) is 64.2 Å². The molecule has 1 atom stereocenters. The minimum Gasteiger partial charge on any atom is -0.469 e. The van der Waals surface area contributed by atoms with Crippen molar-refractivity contribution in [3.05, 3.63) is 144 Å². The van der Waals surface area contributed by atoms with Crippen molar-refractivity contribution in [1.29, 1.82) is 0 Å². The van der Waals surface area contributed by atoms with Crippen molar-refractivity contribution in [1.82, 2.24) is 9.62 Å². The lowest BCUT2D eigenvalue weighted by Gasteiger charge is -2.32. The normalized spacial score (nSPS) is 12.5. The molecule has 5 aromatic rings. The maximum Gasteiger partial charge on any atom is 0.416 e. The number of carbonyl (C=O) groups is 2. The molecule has 1 N–H and O–H groups in total. The van der Waals surface area contributed by atoms with Gasteiger partial charge >= 0.3 is 12.1 Å². The smallest absolute Gasteiger partial charge is 0.416 e. The number of esters is 1. The lowest BCUT2D eigenvalue weighted by atomic mass is 9.97. The Hall–Kier alpha value is -5.31. The van der Waals surface area contributed by atoms with E-state index in [1.807, 2.05) is 42.5 Å². The average Bonchev–Trinajstić information content (AvgIpc) is 3.15. The summed E-state index contributed by atoms with van der Waals surface area (Å²) >= 11 is 0. The Morgan fingerprint density at radius 3 is 1.72 bits per heavy atom. The number of amides is 1. The zero-order valence-corrected chi connectivity index (χ0v) is 30.2. The summed E-state index contributed by atoms with van der Waals surface area (Å²) in [5.41, 5.74) is 2.75. The number of hydrogen-bond acceptors (Lipinski definition) is 7. The fourth-order valence-electron chi connectivity index (χ4n) is 5.76. The van der Waals surface area contributed by atoms with Crippen LogP contribution in [0.5, 0.6) is 0 Å². The zero-order chi connectivity index (χ0) is 38.4. The second-order valence-electron chi connectivity index (χ2n) is 12.1. The number of sulfonamides is 1. The predicted octanol–water partition coefficient (Wildman–Crippen LogP) is 7.17. The van der Waals surface area contributed by atoms with E-state index in [-0.39, 0.29) is 25.1 Å². The third-order valence-electron chi connectivity index (χ3n) is 8.49. The number of benzene rings is 5. The van der Waals surface area contributed by atoms with Crippen LogP contribution in [0.25, 0.3) is 22.3 Å². The molecule has 0 bridgehead atoms. The van der Waals surface area contributed by atoms with Crippen molar-refractivity contribution in [3.8, 4) is 22.3 Å². The number of nitrogens with zero attached hydrogens (tertiary/aromatic N) is 1. The highest BCUT2D eigenvalue weighted by Gasteiger charge is 2.31. The molecule has 0 fully saturated rings. The van der Waals surface area contributed by atoms with Gasteiger partial charge in [0.25, 0.3) is 5.91 Å². The third kappa shape index (κ3) is 9.57. The number of rotatable bonds is 13. The van der Waals surface area contributed by atoms with Gasteiger partial charge in [0.15, 0.2) is 9.84 Å². The summed E-state index contributed by atoms with van der Waals surface area (Å²) in [5.74, 6) is -1.22. The first-order chi connectivity index (χ1) is 25.1. The predicted molar refractivity (Wildman–Crippen MR) is 194 cm³/mol. The molecule has 14 heteroatoms. The molecule has 0 spiro atoms. The Kier molecular flexibility index (Phi) is 11.9. The Morgan fingerprint density at radius 1 is 0.698 bits per heavy atom. The van der Waals surface area contributed by atoms with Gasteiger partial charge in [0.2, 0.25) is 10.0 Å². The molecule has 9 nitrogen and oxygen atoms in total. The minimum atomic E-state index is -4.49. The SMILES string of the molecule is COC(=O)CC(c1ccc(-c2ccccc2)cc1)N(CCNS(=O)(=O)c1ccccc1S(C)(=O)=O)C(=O)c1ccc(-c2ccc(C(F)(F)F)cc2)cc1. The molecule has 0 heterocycles. The van der Waals surface area contributed by atoms with Crippen LogP contribution in [0.15, 0.2) is 137 Å². The van der Waals surface area contributed by atoms with Gasteiger partial charge in [-0.1, -0.05) is 91.0 Å². The Morgan fingerprint density at radius 2 is 1.19 bits per heavy atom. The first-order valence-corrected chi connectivity index (χ1v) is 19.6. The van der Waals surface area contributed by atoms with E-state index in [0.29, 0.717) is 16.7 Å². The van der Waals surface area contributed by atoms with Crippen LogP contribution in [-0.4, -0.2) is 60.1 Å². The Labute approximate surface area is 306 Å². The zero-order valence-electron chi connectivity index (χ0n) is 28.6. The molecule has 53 heavy (non-hydrogen) atoms. The standard InChI is InChI=1S/C39H35F3N2O7S2/c1-51-37(45)26-34(31-16-12-28(13-17-31)27-8-4-3-5-9-27)44(25-24-43-53(49,50)36-11-7-6-10-35(36)52(2,47)48)38(46)32-18-14-29(15-19-32)30-20-22-33(23-21-30)39(40,41)42/h3-23,34,43H,24-26H2,1-2H3. The maximum absolute atomic E-state index is 14.3. The molecule has 0 aliphatic heterocycles. The van der Waals surface area contributed by atoms with E-state index in [1.54, 1.807) is 24.3 Å². The number of hydrogen-bond donors (Lipinski definition) is 1. The quantitative estimate of drug-likeness (QED) is 0.126. The second kappa shape index (κ2) is 16.1. The molecule has 1 unspecified atom stereocenters. The summed E-state index contributed by atoms with van der Waals surface area (Å²) in [6.07, 6.45) is -3.89. The largest absolute Gasteiger partial charge is 0.469 e. The number of alkyl halides is 3. The van der Waals surface area contributed by atoms with Gasteiger partial charge in [-0.15, -0.1) is 0 Å². The highest BCUT2D eigenvalue weighted by atomic mass is 32.2. The van der Waals surface area contributed by atoms with E-state index in [4.69, 9.17) is 4.74 Å². The summed E-state index contributed by atoms with van der Waals surface area (Å²) in [5, 5.41) is 0. The third-order valence-corrected chi connectivity index (χ3v) is 11.3. The Bertz CT molecular complexity index is 2280. The van der Waals surface area contributed by atoms with E-state index in [0.717, 1.165) is 35.6 Å². The summed E-state index contributed by atoms with van der Waals surface area (Å²) in [7, 11) is -7.10. The van der Waals surface area contributed by atoms with Gasteiger partial charge in [0.05, 0.1) is 30.0 Å². The van der Waals surface area contributed by atoms with Crippen LogP contribution in [0.3, 0.4) is 0 Å². The lowest BCUT2D eigenvalue weighted by Crippen LogP contribution is -2.41. The van der Waals surface area contributed by atoms with Crippen LogP contribution in [-0.2, 0) is 35.6 Å². The second-order valence-corrected chi connectivity index (χ2v) is 15.8. The van der Waals surface area contributed by atoms with Crippen LogP contribution < -0.4 is 4.72 Å². The summed E-state index contributed by atoms with van der Waals surface area (Å²) < 4.78 is 98.1. The van der Waals surface area contributed by atoms with Gasteiger partial charge in [-0.25, -0.2) is 21.6 Å². The molecule has 0 saturated heterocycles. The first kappa shape index (κ1) is 38.9. The molecule has 0 aliphatic rings. The van der Waals surface area contributed by atoms with Crippen molar-refractivity contribution in [2.24, 2.45) is 0 Å². The first-order valence-electron chi connectivity index (χ1n) is 16.2. The van der Waals surface area contributed by atoms with Gasteiger partial charge < -0.3 is 9.64 Å². The van der Waals surface area contributed by atoms with Crippen LogP contribution in [0.4, 0.5) is 13.2 Å². The van der Waals surface area contributed by atoms with E-state index in [2.05, 4.69) is 4.72 Å². The number of halogens is 3. The average molecular weight is 765 g/mol. The molecular formula is C39H35F3N2O7S2. The number of sulfone groups is 1. The van der Waals surface area contributed by atoms with Crippen molar-refractivity contribution in [2.45, 2.75) is 28.4 Å². The highest BCUT2D eigenvalue weighted by Crippen LogP contribution is 2.32. The van der Waals surface area contributed by atoms with Crippen molar-refractivity contribution < 1.29 is 44.3 Å². The number of carbonyl (C=O) groups excluding carboxylic acids is 2. The summed E-state index contributed by atoms with van der Waals surface area (Å²) in [4.78, 5) is 27.6. The number of ether oxygens (including phenoxy) is 1. The molecule has 5 aromatic carbocycles. The lowest BCUT2D eigenvalue weighted by molar-refractivity contribution is -0.142. The van der Waals surface area contributed by atoms with E-state index in [1.165, 1.54) is 54.5 Å². The fraction of sp³-hybridized carbons (Fsp3) is 0.179. The molecule has 0 saturated carbocycles. The van der Waals surface area contributed by atoms with Crippen molar-refractivity contribution in [3.63, 3.8) is 0 Å². The molecule has 276 valence electrons. The van der Waals surface area contributed by atoms with Gasteiger partial charge in [0.1, 0.15) is 4.90 Å². The van der Waals surface area contributed by atoms with Crippen LogP contribution >= 0.6 is 0 Å². The van der Waals surface area contributed by atoms with Crippen LogP contribution in [0.2, 0.25) is 0 Å². The van der Waals surface area contributed by atoms with Gasteiger partial charge in [-0.3, -0.25) is 9.59 Å². The molecular weight excluding hydrogens is 730 g/mol. The Balaban J connectivity index is 1.49. The van der Waals surface area contributed by atoms with Crippen molar-refractivity contribution in [2.75, 3.05) is 26.5 Å². The van der Waals surface area contributed by atoms with Crippen LogP contribution in [0, 0.1) is 0 Å². The number of methoxy groups -OCH3 is 1. The number of nitrogens with one attached hydrogen (secondary N) is 1. The van der Waals surface area contributed by atoms with Crippen LogP contribution in [0.1, 0.15) is 33.9 Å². The highest BCUT2D eigenvalue weighted by molar-refractivity contribution is 7.93. The van der Waals surface area contributed by atoms with Gasteiger partial charge in [-0.2, -0.15) is 13.2 Å². The molecule has 0 radical (unpaired) electrons.